The van der Waals surface area contributed by atoms with Gasteiger partial charge in [0.2, 0.25) is 0 Å². The molecule has 0 saturated carbocycles. The molecule has 2 saturated heterocycles. The maximum atomic E-state index is 5.56. The van der Waals surface area contributed by atoms with Crippen molar-refractivity contribution in [1.82, 2.24) is 10.2 Å². The minimum atomic E-state index is 0.457. The van der Waals surface area contributed by atoms with Crippen LogP contribution >= 0.6 is 0 Å². The second-order valence-corrected chi connectivity index (χ2v) is 4.79. The van der Waals surface area contributed by atoms with Gasteiger partial charge in [0.1, 0.15) is 0 Å². The molecule has 2 rings (SSSR count). The molecule has 16 heavy (non-hydrogen) atoms. The Balaban J connectivity index is 1.48. The highest BCUT2D eigenvalue weighted by Gasteiger charge is 2.21. The molecule has 0 aliphatic carbocycles. The Morgan fingerprint density at radius 3 is 3.06 bits per heavy atom. The number of methoxy groups -OCH3 is 1. The van der Waals surface area contributed by atoms with Gasteiger partial charge >= 0.3 is 0 Å². The van der Waals surface area contributed by atoms with Gasteiger partial charge in [-0.05, 0) is 19.3 Å². The highest BCUT2D eigenvalue weighted by atomic mass is 16.5. The van der Waals surface area contributed by atoms with Crippen molar-refractivity contribution in [3.8, 4) is 0 Å². The molecule has 94 valence electrons. The molecule has 0 spiro atoms. The van der Waals surface area contributed by atoms with E-state index in [1.807, 2.05) is 7.11 Å². The molecule has 4 heteroatoms. The Kier molecular flexibility index (Phi) is 5.03. The van der Waals surface area contributed by atoms with Crippen molar-refractivity contribution in [1.29, 1.82) is 0 Å². The van der Waals surface area contributed by atoms with E-state index in [-0.39, 0.29) is 0 Å². The zero-order chi connectivity index (χ0) is 11.2. The van der Waals surface area contributed by atoms with Gasteiger partial charge in [-0.15, -0.1) is 0 Å². The molecule has 0 aromatic heterocycles. The lowest BCUT2D eigenvalue weighted by atomic mass is 10.2. The van der Waals surface area contributed by atoms with E-state index in [1.165, 1.54) is 25.8 Å². The second-order valence-electron chi connectivity index (χ2n) is 4.79. The highest BCUT2D eigenvalue weighted by Crippen LogP contribution is 2.11. The monoisotopic (exact) mass is 228 g/mol. The lowest BCUT2D eigenvalue weighted by molar-refractivity contribution is 0.104. The molecule has 2 aliphatic rings. The van der Waals surface area contributed by atoms with Crippen LogP contribution < -0.4 is 5.32 Å². The Morgan fingerprint density at radius 1 is 1.44 bits per heavy atom. The summed E-state index contributed by atoms with van der Waals surface area (Å²) in [5, 5.41) is 3.48. The van der Waals surface area contributed by atoms with Crippen LogP contribution in [-0.4, -0.2) is 63.5 Å². The van der Waals surface area contributed by atoms with Crippen molar-refractivity contribution < 1.29 is 9.47 Å². The molecule has 0 aromatic carbocycles. The first-order valence-corrected chi connectivity index (χ1v) is 6.46. The molecule has 2 atom stereocenters. The normalized spacial score (nSPS) is 31.3. The molecule has 0 bridgehead atoms. The Morgan fingerprint density at radius 2 is 2.38 bits per heavy atom. The van der Waals surface area contributed by atoms with Gasteiger partial charge in [0, 0.05) is 46.4 Å². The Hall–Kier alpha value is -0.160. The van der Waals surface area contributed by atoms with Crippen molar-refractivity contribution >= 4 is 0 Å². The lowest BCUT2D eigenvalue weighted by Crippen LogP contribution is -2.34. The number of hydrogen-bond acceptors (Lipinski definition) is 4. The van der Waals surface area contributed by atoms with Crippen LogP contribution in [0.1, 0.15) is 19.3 Å². The van der Waals surface area contributed by atoms with Crippen LogP contribution in [0.2, 0.25) is 0 Å². The van der Waals surface area contributed by atoms with Gasteiger partial charge in [-0.2, -0.15) is 0 Å². The van der Waals surface area contributed by atoms with E-state index >= 15 is 0 Å². The fourth-order valence-electron chi connectivity index (χ4n) is 2.50. The zero-order valence-corrected chi connectivity index (χ0v) is 10.3. The summed E-state index contributed by atoms with van der Waals surface area (Å²) in [6.45, 7) is 6.44. The molecule has 0 aromatic rings. The lowest BCUT2D eigenvalue weighted by Gasteiger charge is -2.17. The Labute approximate surface area is 98.3 Å². The number of nitrogens with zero attached hydrogens (tertiary/aromatic N) is 1. The summed E-state index contributed by atoms with van der Waals surface area (Å²) in [7, 11) is 1.81. The third-order valence-electron chi connectivity index (χ3n) is 3.56. The largest absolute Gasteiger partial charge is 0.380 e. The van der Waals surface area contributed by atoms with Crippen molar-refractivity contribution in [2.75, 3.05) is 46.4 Å². The molecule has 1 N–H and O–H groups in total. The molecule has 4 nitrogen and oxygen atoms in total. The molecule has 2 heterocycles. The van der Waals surface area contributed by atoms with Crippen LogP contribution in [0.15, 0.2) is 0 Å². The van der Waals surface area contributed by atoms with E-state index in [2.05, 4.69) is 10.2 Å². The number of rotatable bonds is 6. The fraction of sp³-hybridized carbons (Fsp3) is 1.00. The summed E-state index contributed by atoms with van der Waals surface area (Å²) in [5.74, 6) is 0. The van der Waals surface area contributed by atoms with Gasteiger partial charge in [0.25, 0.3) is 0 Å². The van der Waals surface area contributed by atoms with Crippen LogP contribution in [0.3, 0.4) is 0 Å². The molecule has 0 amide bonds. The number of ether oxygens (including phenoxy) is 2. The van der Waals surface area contributed by atoms with E-state index in [0.29, 0.717) is 12.2 Å². The Bertz CT molecular complexity index is 195. The van der Waals surface area contributed by atoms with Crippen molar-refractivity contribution in [2.24, 2.45) is 0 Å². The minimum absolute atomic E-state index is 0.457. The first-order valence-electron chi connectivity index (χ1n) is 6.46. The highest BCUT2D eigenvalue weighted by molar-refractivity contribution is 4.76. The average Bonchev–Trinajstić information content (AvgIpc) is 2.95. The van der Waals surface area contributed by atoms with Gasteiger partial charge in [-0.1, -0.05) is 0 Å². The van der Waals surface area contributed by atoms with Gasteiger partial charge in [-0.25, -0.2) is 0 Å². The molecular formula is C12H24N2O2. The van der Waals surface area contributed by atoms with E-state index < -0.39 is 0 Å². The first-order chi connectivity index (χ1) is 7.88. The van der Waals surface area contributed by atoms with Crippen molar-refractivity contribution in [2.45, 2.75) is 31.5 Å². The van der Waals surface area contributed by atoms with Crippen LogP contribution in [0.5, 0.6) is 0 Å². The standard InChI is InChI=1S/C12H24N2O2/c1-15-12-4-6-14(10-12)7-5-13-9-11-3-2-8-16-11/h11-13H,2-10H2,1H3. The molecule has 0 radical (unpaired) electrons. The fourth-order valence-corrected chi connectivity index (χ4v) is 2.50. The number of nitrogens with one attached hydrogen (secondary N) is 1. The van der Waals surface area contributed by atoms with E-state index in [4.69, 9.17) is 9.47 Å². The SMILES string of the molecule is COC1CCN(CCNCC2CCCO2)C1. The van der Waals surface area contributed by atoms with Crippen LogP contribution in [0, 0.1) is 0 Å². The molecule has 2 fully saturated rings. The summed E-state index contributed by atoms with van der Waals surface area (Å²) >= 11 is 0. The zero-order valence-electron chi connectivity index (χ0n) is 10.3. The maximum Gasteiger partial charge on any atom is 0.0710 e. The minimum Gasteiger partial charge on any atom is -0.380 e. The van der Waals surface area contributed by atoms with Crippen LogP contribution in [0.4, 0.5) is 0 Å². The predicted molar refractivity (Wildman–Crippen MR) is 63.7 cm³/mol. The molecule has 2 aliphatic heterocycles. The third kappa shape index (κ3) is 3.70. The van der Waals surface area contributed by atoms with Crippen LogP contribution in [0.25, 0.3) is 0 Å². The maximum absolute atomic E-state index is 5.56. The summed E-state index contributed by atoms with van der Waals surface area (Å²) in [6.07, 6.45) is 4.56. The average molecular weight is 228 g/mol. The van der Waals surface area contributed by atoms with E-state index in [0.717, 1.165) is 32.8 Å². The summed E-state index contributed by atoms with van der Waals surface area (Å²) in [6, 6.07) is 0. The number of likely N-dealkylation sites (tertiary alicyclic amines) is 1. The second kappa shape index (κ2) is 6.55. The van der Waals surface area contributed by atoms with Gasteiger partial charge in [0.15, 0.2) is 0 Å². The predicted octanol–water partition coefficient (Wildman–Crippen LogP) is 0.476. The summed E-state index contributed by atoms with van der Waals surface area (Å²) < 4.78 is 10.9. The topological polar surface area (TPSA) is 33.7 Å². The van der Waals surface area contributed by atoms with Gasteiger partial charge in [0.05, 0.1) is 12.2 Å². The van der Waals surface area contributed by atoms with Crippen LogP contribution in [-0.2, 0) is 9.47 Å². The quantitative estimate of drug-likeness (QED) is 0.670. The van der Waals surface area contributed by atoms with E-state index in [1.54, 1.807) is 0 Å². The molecular weight excluding hydrogens is 204 g/mol. The number of hydrogen-bond donors (Lipinski definition) is 1. The first kappa shape index (κ1) is 12.3. The van der Waals surface area contributed by atoms with Gasteiger partial charge in [-0.3, -0.25) is 4.90 Å². The smallest absolute Gasteiger partial charge is 0.0710 e. The third-order valence-corrected chi connectivity index (χ3v) is 3.56. The molecule has 2 unspecified atom stereocenters. The van der Waals surface area contributed by atoms with Gasteiger partial charge < -0.3 is 14.8 Å². The van der Waals surface area contributed by atoms with E-state index in [9.17, 15) is 0 Å². The summed E-state index contributed by atoms with van der Waals surface area (Å²) in [4.78, 5) is 2.47. The van der Waals surface area contributed by atoms with Crippen molar-refractivity contribution in [3.05, 3.63) is 0 Å². The van der Waals surface area contributed by atoms with Crippen molar-refractivity contribution in [3.63, 3.8) is 0 Å². The summed E-state index contributed by atoms with van der Waals surface area (Å²) in [5.41, 5.74) is 0.